The normalized spacial score (nSPS) is 18.9. The van der Waals surface area contributed by atoms with Crippen LogP contribution in [0.3, 0.4) is 0 Å². The number of aromatic nitrogens is 1. The summed E-state index contributed by atoms with van der Waals surface area (Å²) in [5, 5.41) is 33.5. The van der Waals surface area contributed by atoms with Gasteiger partial charge in [-0.1, -0.05) is 48.2 Å². The fourth-order valence-corrected chi connectivity index (χ4v) is 5.11. The first-order valence-electron chi connectivity index (χ1n) is 12.6. The molecule has 0 radical (unpaired) electrons. The molecule has 0 saturated carbocycles. The van der Waals surface area contributed by atoms with E-state index in [0.29, 0.717) is 29.3 Å². The number of rotatable bonds is 11. The number of aliphatic hydroxyl groups excluding tert-OH is 1. The van der Waals surface area contributed by atoms with Crippen LogP contribution in [0.25, 0.3) is 0 Å². The number of nitrogens with one attached hydrogen (secondary N) is 2. The molecule has 2 amide bonds. The number of aliphatic hydroxyl groups is 1. The van der Waals surface area contributed by atoms with Crippen molar-refractivity contribution in [2.75, 3.05) is 11.1 Å². The first-order chi connectivity index (χ1) is 18.9. The van der Waals surface area contributed by atoms with E-state index in [1.807, 2.05) is 36.4 Å². The smallest absolute Gasteiger partial charge is 0.251 e. The summed E-state index contributed by atoms with van der Waals surface area (Å²) in [6.45, 7) is -0.0454. The second-order valence-electron chi connectivity index (χ2n) is 9.09. The third-order valence-electron chi connectivity index (χ3n) is 6.20. The maximum atomic E-state index is 12.3. The number of carbonyl (C=O) groups excluding carboxylic acids is 2. The summed E-state index contributed by atoms with van der Waals surface area (Å²) in [7, 11) is 0. The van der Waals surface area contributed by atoms with E-state index in [9.17, 15) is 19.9 Å². The Bertz CT molecular complexity index is 1260. The first kappa shape index (κ1) is 28.5. The standard InChI is InChI=1S/C28H31N3O7S/c32-17-19-10-12-20(13-11-19)24-16-23(18-39-27-9-1-2-14-31(27)36)37-28(38-24)21-5-3-6-22(15-21)29-25(33)7-4-8-26(34)30-35/h1-3,5-6,9-15,23-24,28,32,35H,4,7-8,16-18H2,(H,29,33)(H,30,34)/t23-,24+,28+/m1/s1. The molecule has 1 aromatic heterocycles. The molecular weight excluding hydrogens is 522 g/mol. The fourth-order valence-electron chi connectivity index (χ4n) is 4.18. The lowest BCUT2D eigenvalue weighted by Crippen LogP contribution is -2.32. The van der Waals surface area contributed by atoms with Crippen molar-refractivity contribution in [2.45, 2.75) is 55.8 Å². The quantitative estimate of drug-likeness (QED) is 0.0924. The van der Waals surface area contributed by atoms with E-state index in [-0.39, 0.29) is 37.6 Å². The zero-order valence-corrected chi connectivity index (χ0v) is 22.0. The Labute approximate surface area is 230 Å². The van der Waals surface area contributed by atoms with Crippen LogP contribution in [-0.2, 0) is 25.7 Å². The highest BCUT2D eigenvalue weighted by molar-refractivity contribution is 7.99. The van der Waals surface area contributed by atoms with Crippen LogP contribution in [0.2, 0.25) is 0 Å². The minimum absolute atomic E-state index is 0.0448. The highest BCUT2D eigenvalue weighted by Gasteiger charge is 2.33. The van der Waals surface area contributed by atoms with Crippen LogP contribution >= 0.6 is 11.8 Å². The van der Waals surface area contributed by atoms with Gasteiger partial charge in [0, 0.05) is 48.4 Å². The van der Waals surface area contributed by atoms with Gasteiger partial charge in [0.1, 0.15) is 0 Å². The Hall–Kier alpha value is -3.48. The van der Waals surface area contributed by atoms with Crippen LogP contribution in [0, 0.1) is 5.21 Å². The number of ether oxygens (including phenoxy) is 2. The lowest BCUT2D eigenvalue weighted by Gasteiger charge is -2.36. The van der Waals surface area contributed by atoms with Gasteiger partial charge in [0.2, 0.25) is 11.8 Å². The molecule has 1 fully saturated rings. The third-order valence-corrected chi connectivity index (χ3v) is 7.35. The zero-order chi connectivity index (χ0) is 27.6. The summed E-state index contributed by atoms with van der Waals surface area (Å²) in [5.41, 5.74) is 4.59. The number of anilines is 1. The Kier molecular flexibility index (Phi) is 10.3. The van der Waals surface area contributed by atoms with Crippen molar-refractivity contribution in [1.29, 1.82) is 0 Å². The molecule has 206 valence electrons. The summed E-state index contributed by atoms with van der Waals surface area (Å²) >= 11 is 1.41. The molecule has 0 bridgehead atoms. The molecular formula is C28H31N3O7S. The van der Waals surface area contributed by atoms with Crippen molar-refractivity contribution < 1.29 is 34.1 Å². The van der Waals surface area contributed by atoms with Crippen molar-refractivity contribution in [2.24, 2.45) is 0 Å². The minimum Gasteiger partial charge on any atom is -0.618 e. The van der Waals surface area contributed by atoms with Crippen LogP contribution in [0.4, 0.5) is 5.69 Å². The molecule has 4 rings (SSSR count). The number of hydrogen-bond acceptors (Lipinski definition) is 8. The van der Waals surface area contributed by atoms with E-state index in [1.165, 1.54) is 18.0 Å². The van der Waals surface area contributed by atoms with Gasteiger partial charge in [0.05, 0.1) is 18.8 Å². The zero-order valence-electron chi connectivity index (χ0n) is 21.2. The van der Waals surface area contributed by atoms with Crippen molar-refractivity contribution in [3.8, 4) is 0 Å². The summed E-state index contributed by atoms with van der Waals surface area (Å²) in [6, 6.07) is 20.0. The molecule has 10 nitrogen and oxygen atoms in total. The highest BCUT2D eigenvalue weighted by atomic mass is 32.2. The first-order valence-corrected chi connectivity index (χ1v) is 13.6. The van der Waals surface area contributed by atoms with Crippen LogP contribution < -0.4 is 15.5 Å². The third kappa shape index (κ3) is 8.25. The molecule has 4 N–H and O–H groups in total. The molecule has 1 saturated heterocycles. The number of carbonyl (C=O) groups is 2. The van der Waals surface area contributed by atoms with E-state index in [2.05, 4.69) is 5.32 Å². The average Bonchev–Trinajstić information content (AvgIpc) is 2.96. The molecule has 1 aliphatic heterocycles. The van der Waals surface area contributed by atoms with Crippen LogP contribution in [0.5, 0.6) is 0 Å². The van der Waals surface area contributed by atoms with E-state index in [0.717, 1.165) is 21.4 Å². The number of nitrogens with zero attached hydrogens (tertiary/aromatic N) is 1. The lowest BCUT2D eigenvalue weighted by molar-refractivity contribution is -0.645. The van der Waals surface area contributed by atoms with Crippen molar-refractivity contribution in [1.82, 2.24) is 5.48 Å². The summed E-state index contributed by atoms with van der Waals surface area (Å²) < 4.78 is 13.5. The summed E-state index contributed by atoms with van der Waals surface area (Å²) in [6.07, 6.45) is 1.27. The Morgan fingerprint density at radius 1 is 1.00 bits per heavy atom. The van der Waals surface area contributed by atoms with Crippen LogP contribution in [-0.4, -0.2) is 34.0 Å². The van der Waals surface area contributed by atoms with Gasteiger partial charge >= 0.3 is 0 Å². The molecule has 1 aliphatic rings. The van der Waals surface area contributed by atoms with Crippen molar-refractivity contribution in [3.63, 3.8) is 0 Å². The maximum Gasteiger partial charge on any atom is 0.251 e. The van der Waals surface area contributed by atoms with Crippen LogP contribution in [0.1, 0.15) is 54.8 Å². The number of thioether (sulfide) groups is 1. The van der Waals surface area contributed by atoms with E-state index < -0.39 is 12.2 Å². The Balaban J connectivity index is 1.47. The van der Waals surface area contributed by atoms with Gasteiger partial charge < -0.3 is 25.1 Å². The predicted octanol–water partition coefficient (Wildman–Crippen LogP) is 3.76. The van der Waals surface area contributed by atoms with Gasteiger partial charge in [-0.2, -0.15) is 4.73 Å². The maximum absolute atomic E-state index is 12.3. The molecule has 39 heavy (non-hydrogen) atoms. The van der Waals surface area contributed by atoms with Crippen LogP contribution in [0.15, 0.2) is 78.0 Å². The highest BCUT2D eigenvalue weighted by Crippen LogP contribution is 2.39. The van der Waals surface area contributed by atoms with Crippen molar-refractivity contribution in [3.05, 3.63) is 94.8 Å². The molecule has 0 unspecified atom stereocenters. The molecule has 0 spiro atoms. The number of pyridine rings is 1. The monoisotopic (exact) mass is 553 g/mol. The predicted molar refractivity (Wildman–Crippen MR) is 143 cm³/mol. The molecule has 2 heterocycles. The fraction of sp³-hybridized carbons (Fsp3) is 0.321. The van der Waals surface area contributed by atoms with E-state index in [1.54, 1.807) is 35.8 Å². The van der Waals surface area contributed by atoms with Gasteiger partial charge in [-0.3, -0.25) is 14.8 Å². The van der Waals surface area contributed by atoms with Crippen molar-refractivity contribution >= 4 is 29.3 Å². The Morgan fingerprint density at radius 2 is 1.79 bits per heavy atom. The number of amides is 2. The molecule has 2 aromatic carbocycles. The summed E-state index contributed by atoms with van der Waals surface area (Å²) in [5.74, 6) is -0.259. The van der Waals surface area contributed by atoms with E-state index >= 15 is 0 Å². The average molecular weight is 554 g/mol. The molecule has 3 atom stereocenters. The number of benzene rings is 2. The second-order valence-corrected chi connectivity index (χ2v) is 10.1. The minimum atomic E-state index is -0.716. The van der Waals surface area contributed by atoms with Gasteiger partial charge in [0.25, 0.3) is 5.03 Å². The van der Waals surface area contributed by atoms with Gasteiger partial charge in [0.15, 0.2) is 12.5 Å². The lowest BCUT2D eigenvalue weighted by atomic mass is 10.0. The van der Waals surface area contributed by atoms with Gasteiger partial charge in [-0.25, -0.2) is 5.48 Å². The van der Waals surface area contributed by atoms with E-state index in [4.69, 9.17) is 14.7 Å². The largest absolute Gasteiger partial charge is 0.618 e. The SMILES string of the molecule is O=C(CCCC(=O)Nc1cccc([C@H]2O[C@@H](CSc3cccc[n+]3[O-])C[C@@H](c3ccc(CO)cc3)O2)c1)NO. The second kappa shape index (κ2) is 14.1. The molecule has 3 aromatic rings. The molecule has 11 heteroatoms. The summed E-state index contributed by atoms with van der Waals surface area (Å²) in [4.78, 5) is 23.5. The topological polar surface area (TPSA) is 144 Å². The van der Waals surface area contributed by atoms with Gasteiger partial charge in [-0.05, 0) is 35.7 Å². The number of hydroxylamine groups is 1. The Morgan fingerprint density at radius 3 is 2.54 bits per heavy atom. The molecule has 0 aliphatic carbocycles. The van der Waals surface area contributed by atoms with Gasteiger partial charge in [-0.15, -0.1) is 0 Å². The number of hydrogen-bond donors (Lipinski definition) is 4.